The average molecular weight is 553 g/mol. The van der Waals surface area contributed by atoms with Crippen molar-refractivity contribution in [3.05, 3.63) is 70.9 Å². The molecule has 4 rings (SSSR count). The number of esters is 1. The molecule has 0 bridgehead atoms. The monoisotopic (exact) mass is 552 g/mol. The minimum absolute atomic E-state index is 0.0570. The fourth-order valence-corrected chi connectivity index (χ4v) is 5.68. The van der Waals surface area contributed by atoms with Gasteiger partial charge in [0.05, 0.1) is 12.9 Å². The van der Waals surface area contributed by atoms with Gasteiger partial charge in [-0.05, 0) is 35.6 Å². The predicted molar refractivity (Wildman–Crippen MR) is 150 cm³/mol. The van der Waals surface area contributed by atoms with Crippen LogP contribution in [0.3, 0.4) is 0 Å². The van der Waals surface area contributed by atoms with Crippen LogP contribution in [0.5, 0.6) is 0 Å². The van der Waals surface area contributed by atoms with E-state index in [1.165, 1.54) is 47.9 Å². The zero-order valence-corrected chi connectivity index (χ0v) is 23.5. The van der Waals surface area contributed by atoms with Gasteiger partial charge in [0, 0.05) is 23.1 Å². The van der Waals surface area contributed by atoms with E-state index in [9.17, 15) is 14.0 Å². The van der Waals surface area contributed by atoms with Crippen LogP contribution in [0.15, 0.2) is 59.1 Å². The topological polar surface area (TPSA) is 86.1 Å². The molecule has 2 aromatic carbocycles. The lowest BCUT2D eigenvalue weighted by atomic mass is 9.87. The summed E-state index contributed by atoms with van der Waals surface area (Å²) in [6, 6.07) is 14.1. The number of amides is 1. The van der Waals surface area contributed by atoms with Gasteiger partial charge in [-0.2, -0.15) is 0 Å². The minimum atomic E-state index is -0.582. The van der Waals surface area contributed by atoms with E-state index in [1.807, 2.05) is 23.6 Å². The number of aromatic nitrogens is 3. The number of hydrogen-bond donors (Lipinski definition) is 1. The van der Waals surface area contributed by atoms with Gasteiger partial charge in [0.1, 0.15) is 16.4 Å². The van der Waals surface area contributed by atoms with Crippen molar-refractivity contribution in [3.63, 3.8) is 0 Å². The van der Waals surface area contributed by atoms with Gasteiger partial charge in [0.2, 0.25) is 5.91 Å². The average Bonchev–Trinajstić information content (AvgIpc) is 3.51. The molecule has 2 heterocycles. The van der Waals surface area contributed by atoms with E-state index < -0.39 is 5.97 Å². The highest BCUT2D eigenvalue weighted by Crippen LogP contribution is 2.36. The number of carbonyl (C=O) groups is 2. The molecule has 198 valence electrons. The lowest BCUT2D eigenvalue weighted by Gasteiger charge is -2.19. The Morgan fingerprint density at radius 1 is 1.05 bits per heavy atom. The van der Waals surface area contributed by atoms with E-state index in [1.54, 1.807) is 17.5 Å². The van der Waals surface area contributed by atoms with E-state index in [0.717, 1.165) is 11.4 Å². The minimum Gasteiger partial charge on any atom is -0.465 e. The second-order valence-corrected chi connectivity index (χ2v) is 11.4. The molecule has 0 saturated carbocycles. The molecule has 4 aromatic rings. The lowest BCUT2D eigenvalue weighted by molar-refractivity contribution is -0.113. The van der Waals surface area contributed by atoms with E-state index in [2.05, 4.69) is 48.4 Å². The standard InChI is InChI=1S/C28H29FN4O3S2/c1-6-33-24(18-7-11-19(12-8-18)28(2,3)4)31-32-27(33)38-16-22(34)30-25-23(26(35)36-5)21(15-37-25)17-9-13-20(29)14-10-17/h7-15H,6,16H2,1-5H3,(H,30,34). The molecule has 0 fully saturated rings. The van der Waals surface area contributed by atoms with E-state index in [0.29, 0.717) is 27.8 Å². The van der Waals surface area contributed by atoms with Crippen LogP contribution in [0.25, 0.3) is 22.5 Å². The molecule has 0 aliphatic heterocycles. The first-order valence-corrected chi connectivity index (χ1v) is 13.9. The maximum Gasteiger partial charge on any atom is 0.341 e. The number of rotatable bonds is 8. The summed E-state index contributed by atoms with van der Waals surface area (Å²) in [6.07, 6.45) is 0. The number of thioether (sulfide) groups is 1. The third-order valence-corrected chi connectivity index (χ3v) is 7.83. The first kappa shape index (κ1) is 27.5. The van der Waals surface area contributed by atoms with Crippen LogP contribution < -0.4 is 5.32 Å². The number of thiophene rings is 1. The smallest absolute Gasteiger partial charge is 0.341 e. The Morgan fingerprint density at radius 2 is 1.71 bits per heavy atom. The molecule has 1 N–H and O–H groups in total. The summed E-state index contributed by atoms with van der Waals surface area (Å²) in [4.78, 5) is 25.4. The fourth-order valence-electron chi connectivity index (χ4n) is 3.90. The normalized spacial score (nSPS) is 11.4. The zero-order valence-electron chi connectivity index (χ0n) is 21.9. The van der Waals surface area contributed by atoms with Crippen LogP contribution in [0, 0.1) is 5.82 Å². The molecule has 0 spiro atoms. The van der Waals surface area contributed by atoms with Crippen LogP contribution in [0.4, 0.5) is 9.39 Å². The number of benzene rings is 2. The second-order valence-electron chi connectivity index (χ2n) is 9.57. The summed E-state index contributed by atoms with van der Waals surface area (Å²) in [5.41, 5.74) is 3.70. The van der Waals surface area contributed by atoms with Crippen molar-refractivity contribution in [2.75, 3.05) is 18.2 Å². The predicted octanol–water partition coefficient (Wildman–Crippen LogP) is 6.65. The van der Waals surface area contributed by atoms with Crippen LogP contribution in [0.2, 0.25) is 0 Å². The van der Waals surface area contributed by atoms with Gasteiger partial charge in [-0.15, -0.1) is 21.5 Å². The Bertz CT molecular complexity index is 1440. The van der Waals surface area contributed by atoms with E-state index in [-0.39, 0.29) is 28.5 Å². The summed E-state index contributed by atoms with van der Waals surface area (Å²) < 4.78 is 20.3. The van der Waals surface area contributed by atoms with Crippen molar-refractivity contribution in [2.24, 2.45) is 0 Å². The largest absolute Gasteiger partial charge is 0.465 e. The molecular formula is C28H29FN4O3S2. The summed E-state index contributed by atoms with van der Waals surface area (Å²) in [6.45, 7) is 9.16. The number of hydrogen-bond acceptors (Lipinski definition) is 7. The third-order valence-electron chi connectivity index (χ3n) is 5.96. The van der Waals surface area contributed by atoms with E-state index in [4.69, 9.17) is 4.74 Å². The molecule has 0 unspecified atom stereocenters. The first-order valence-electron chi connectivity index (χ1n) is 12.0. The third kappa shape index (κ3) is 5.97. The van der Waals surface area contributed by atoms with Gasteiger partial charge >= 0.3 is 5.97 Å². The second kappa shape index (κ2) is 11.5. The molecule has 0 aliphatic rings. The Morgan fingerprint density at radius 3 is 2.32 bits per heavy atom. The molecule has 2 aromatic heterocycles. The Labute approximate surface area is 229 Å². The van der Waals surface area contributed by atoms with Crippen LogP contribution in [0.1, 0.15) is 43.6 Å². The van der Waals surface area contributed by atoms with Crippen molar-refractivity contribution >= 4 is 40.0 Å². The number of methoxy groups -OCH3 is 1. The van der Waals surface area contributed by atoms with Gasteiger partial charge in [-0.3, -0.25) is 4.79 Å². The quantitative estimate of drug-likeness (QED) is 0.195. The van der Waals surface area contributed by atoms with Gasteiger partial charge in [-0.1, -0.05) is 68.9 Å². The summed E-state index contributed by atoms with van der Waals surface area (Å²) >= 11 is 2.48. The van der Waals surface area contributed by atoms with Gasteiger partial charge < -0.3 is 14.6 Å². The molecule has 0 radical (unpaired) electrons. The SMILES string of the molecule is CCn1c(SCC(=O)Nc2scc(-c3ccc(F)cc3)c2C(=O)OC)nnc1-c1ccc(C(C)(C)C)cc1. The zero-order chi connectivity index (χ0) is 27.4. The van der Waals surface area contributed by atoms with Crippen LogP contribution >= 0.6 is 23.1 Å². The number of anilines is 1. The van der Waals surface area contributed by atoms with Gasteiger partial charge in [-0.25, -0.2) is 9.18 Å². The molecule has 1 amide bonds. The molecular weight excluding hydrogens is 523 g/mol. The molecule has 0 atom stereocenters. The lowest BCUT2D eigenvalue weighted by Crippen LogP contribution is -2.16. The van der Waals surface area contributed by atoms with Crippen molar-refractivity contribution in [3.8, 4) is 22.5 Å². The Balaban J connectivity index is 1.49. The highest BCUT2D eigenvalue weighted by Gasteiger charge is 2.23. The summed E-state index contributed by atoms with van der Waals surface area (Å²) in [5, 5.41) is 14.3. The van der Waals surface area contributed by atoms with Crippen molar-refractivity contribution < 1.29 is 18.7 Å². The molecule has 0 aliphatic carbocycles. The summed E-state index contributed by atoms with van der Waals surface area (Å²) in [5.74, 6) is -0.438. The van der Waals surface area contributed by atoms with Crippen molar-refractivity contribution in [1.82, 2.24) is 14.8 Å². The molecule has 10 heteroatoms. The number of ether oxygens (including phenoxy) is 1. The Hall–Kier alpha value is -3.50. The van der Waals surface area contributed by atoms with Gasteiger partial charge in [0.15, 0.2) is 11.0 Å². The van der Waals surface area contributed by atoms with Gasteiger partial charge in [0.25, 0.3) is 0 Å². The van der Waals surface area contributed by atoms with Crippen molar-refractivity contribution in [2.45, 2.75) is 44.8 Å². The number of halogens is 1. The maximum absolute atomic E-state index is 13.4. The highest BCUT2D eigenvalue weighted by molar-refractivity contribution is 7.99. The highest BCUT2D eigenvalue weighted by atomic mass is 32.2. The first-order chi connectivity index (χ1) is 18.1. The van der Waals surface area contributed by atoms with E-state index >= 15 is 0 Å². The maximum atomic E-state index is 13.4. The molecule has 38 heavy (non-hydrogen) atoms. The van der Waals surface area contributed by atoms with Crippen LogP contribution in [-0.4, -0.2) is 39.5 Å². The number of nitrogens with one attached hydrogen (secondary N) is 1. The molecule has 7 nitrogen and oxygen atoms in total. The molecule has 0 saturated heterocycles. The Kier molecular flexibility index (Phi) is 8.32. The summed E-state index contributed by atoms with van der Waals surface area (Å²) in [7, 11) is 1.28. The number of carbonyl (C=O) groups excluding carboxylic acids is 2. The van der Waals surface area contributed by atoms with Crippen LogP contribution in [-0.2, 0) is 21.5 Å². The number of nitrogens with zero attached hydrogens (tertiary/aromatic N) is 3. The fraction of sp³-hybridized carbons (Fsp3) is 0.286. The van der Waals surface area contributed by atoms with Crippen molar-refractivity contribution in [1.29, 1.82) is 0 Å².